The van der Waals surface area contributed by atoms with E-state index in [1.54, 1.807) is 6.33 Å². The molecule has 0 saturated heterocycles. The van der Waals surface area contributed by atoms with E-state index in [0.717, 1.165) is 11.0 Å². The third-order valence-electron chi connectivity index (χ3n) is 1.73. The Hall–Kier alpha value is -1.51. The number of rotatable bonds is 0. The van der Waals surface area contributed by atoms with E-state index in [-0.39, 0.29) is 0 Å². The minimum absolute atomic E-state index is 0.951. The molecule has 1 aromatic heterocycles. The second-order valence-electron chi connectivity index (χ2n) is 2.64. The predicted octanol–water partition coefficient (Wildman–Crippen LogP) is 1.06. The molecule has 11 heavy (non-hydrogen) atoms. The Bertz CT molecular complexity index is 389. The van der Waals surface area contributed by atoms with Crippen LogP contribution in [0, 0.1) is 6.92 Å². The minimum atomic E-state index is 0.951. The van der Waals surface area contributed by atoms with E-state index in [2.05, 4.69) is 4.98 Å². The van der Waals surface area contributed by atoms with Crippen LogP contribution >= 0.6 is 0 Å². The Morgan fingerprint density at radius 2 is 2.27 bits per heavy atom. The molecular formula is C8H9N3. The van der Waals surface area contributed by atoms with E-state index in [4.69, 9.17) is 5.84 Å². The topological polar surface area (TPSA) is 43.8 Å². The molecule has 2 aromatic rings. The summed E-state index contributed by atoms with van der Waals surface area (Å²) in [5, 5.41) is 0. The molecule has 0 amide bonds. The number of hydrogen-bond acceptors (Lipinski definition) is 2. The SMILES string of the molecule is Cc1ccc2c(c1)ncn2N. The molecule has 0 aliphatic carbocycles. The van der Waals surface area contributed by atoms with Gasteiger partial charge in [-0.05, 0) is 24.6 Å². The molecule has 2 N–H and O–H groups in total. The largest absolute Gasteiger partial charge is 0.338 e. The van der Waals surface area contributed by atoms with Crippen LogP contribution in [0.1, 0.15) is 5.56 Å². The van der Waals surface area contributed by atoms with Crippen LogP contribution in [0.25, 0.3) is 11.0 Å². The van der Waals surface area contributed by atoms with Gasteiger partial charge in [0, 0.05) is 0 Å². The second-order valence-corrected chi connectivity index (χ2v) is 2.64. The van der Waals surface area contributed by atoms with Crippen molar-refractivity contribution in [2.45, 2.75) is 6.92 Å². The molecule has 0 atom stereocenters. The molecule has 0 aliphatic rings. The van der Waals surface area contributed by atoms with Gasteiger partial charge in [-0.2, -0.15) is 0 Å². The predicted molar refractivity (Wildman–Crippen MR) is 44.6 cm³/mol. The first-order chi connectivity index (χ1) is 5.27. The first-order valence-corrected chi connectivity index (χ1v) is 3.46. The van der Waals surface area contributed by atoms with Crippen molar-refractivity contribution in [3.63, 3.8) is 0 Å². The lowest BCUT2D eigenvalue weighted by molar-refractivity contribution is 1.04. The highest BCUT2D eigenvalue weighted by Crippen LogP contribution is 2.11. The van der Waals surface area contributed by atoms with Crippen molar-refractivity contribution in [2.24, 2.45) is 0 Å². The normalized spacial score (nSPS) is 10.6. The molecule has 0 spiro atoms. The molecule has 56 valence electrons. The smallest absolute Gasteiger partial charge is 0.115 e. The lowest BCUT2D eigenvalue weighted by Crippen LogP contribution is -2.04. The molecule has 0 radical (unpaired) electrons. The summed E-state index contributed by atoms with van der Waals surface area (Å²) in [4.78, 5) is 4.12. The summed E-state index contributed by atoms with van der Waals surface area (Å²) in [6.07, 6.45) is 1.62. The molecule has 0 fully saturated rings. The highest BCUT2D eigenvalue weighted by molar-refractivity contribution is 5.75. The van der Waals surface area contributed by atoms with Crippen molar-refractivity contribution in [3.8, 4) is 0 Å². The third kappa shape index (κ3) is 0.852. The highest BCUT2D eigenvalue weighted by Gasteiger charge is 1.97. The maximum absolute atomic E-state index is 5.58. The van der Waals surface area contributed by atoms with Crippen LogP contribution in [0.15, 0.2) is 24.5 Å². The molecule has 3 nitrogen and oxygen atoms in total. The summed E-state index contributed by atoms with van der Waals surface area (Å²) in [5.41, 5.74) is 3.12. The number of benzene rings is 1. The Morgan fingerprint density at radius 3 is 3.09 bits per heavy atom. The number of aryl methyl sites for hydroxylation is 1. The van der Waals surface area contributed by atoms with Gasteiger partial charge in [0.2, 0.25) is 0 Å². The van der Waals surface area contributed by atoms with Gasteiger partial charge in [-0.1, -0.05) is 6.07 Å². The highest BCUT2D eigenvalue weighted by atomic mass is 15.3. The van der Waals surface area contributed by atoms with Crippen molar-refractivity contribution in [1.29, 1.82) is 0 Å². The van der Waals surface area contributed by atoms with Crippen LogP contribution in [0.4, 0.5) is 0 Å². The van der Waals surface area contributed by atoms with E-state index >= 15 is 0 Å². The second kappa shape index (κ2) is 1.99. The molecule has 0 saturated carbocycles. The molecular weight excluding hydrogens is 138 g/mol. The van der Waals surface area contributed by atoms with Crippen LogP contribution in [0.2, 0.25) is 0 Å². The standard InChI is InChI=1S/C8H9N3/c1-6-2-3-8-7(4-6)10-5-11(8)9/h2-5H,9H2,1H3. The number of imidazole rings is 1. The first-order valence-electron chi connectivity index (χ1n) is 3.46. The van der Waals surface area contributed by atoms with E-state index in [1.807, 2.05) is 25.1 Å². The summed E-state index contributed by atoms with van der Waals surface area (Å²) in [6, 6.07) is 6.00. The Morgan fingerprint density at radius 1 is 1.45 bits per heavy atom. The minimum Gasteiger partial charge on any atom is -0.338 e. The number of nitrogens with two attached hydrogens (primary N) is 1. The monoisotopic (exact) mass is 147 g/mol. The van der Waals surface area contributed by atoms with Crippen molar-refractivity contribution in [1.82, 2.24) is 9.66 Å². The summed E-state index contributed by atoms with van der Waals surface area (Å²) < 4.78 is 1.52. The fraction of sp³-hybridized carbons (Fsp3) is 0.125. The fourth-order valence-electron chi connectivity index (χ4n) is 1.14. The van der Waals surface area contributed by atoms with Crippen LogP contribution < -0.4 is 5.84 Å². The lowest BCUT2D eigenvalue weighted by Gasteiger charge is -1.93. The first kappa shape index (κ1) is 6.22. The molecule has 2 rings (SSSR count). The Balaban J connectivity index is 2.86. The van der Waals surface area contributed by atoms with Gasteiger partial charge in [0.1, 0.15) is 6.33 Å². The molecule has 3 heteroatoms. The van der Waals surface area contributed by atoms with Crippen LogP contribution in [0.5, 0.6) is 0 Å². The average molecular weight is 147 g/mol. The summed E-state index contributed by atoms with van der Waals surface area (Å²) in [7, 11) is 0. The van der Waals surface area contributed by atoms with Gasteiger partial charge in [0.05, 0.1) is 11.0 Å². The maximum Gasteiger partial charge on any atom is 0.115 e. The van der Waals surface area contributed by atoms with Gasteiger partial charge in [0.25, 0.3) is 0 Å². The molecule has 1 heterocycles. The number of hydrogen-bond donors (Lipinski definition) is 1. The third-order valence-corrected chi connectivity index (χ3v) is 1.73. The molecule has 0 bridgehead atoms. The van der Waals surface area contributed by atoms with Crippen LogP contribution in [0.3, 0.4) is 0 Å². The van der Waals surface area contributed by atoms with Gasteiger partial charge < -0.3 is 5.84 Å². The van der Waals surface area contributed by atoms with Gasteiger partial charge in [-0.3, -0.25) is 0 Å². The van der Waals surface area contributed by atoms with Crippen LogP contribution in [-0.4, -0.2) is 9.66 Å². The van der Waals surface area contributed by atoms with Crippen LogP contribution in [-0.2, 0) is 0 Å². The number of aromatic nitrogens is 2. The average Bonchev–Trinajstić information content (AvgIpc) is 2.32. The van der Waals surface area contributed by atoms with Gasteiger partial charge >= 0.3 is 0 Å². The summed E-state index contributed by atoms with van der Waals surface area (Å²) >= 11 is 0. The summed E-state index contributed by atoms with van der Waals surface area (Å²) in [5.74, 6) is 5.58. The van der Waals surface area contributed by atoms with Crippen molar-refractivity contribution in [2.75, 3.05) is 5.84 Å². The fourth-order valence-corrected chi connectivity index (χ4v) is 1.14. The van der Waals surface area contributed by atoms with Gasteiger partial charge in [-0.15, -0.1) is 0 Å². The Labute approximate surface area is 64.4 Å². The molecule has 0 aliphatic heterocycles. The number of nitrogens with zero attached hydrogens (tertiary/aromatic N) is 2. The number of nitrogen functional groups attached to an aromatic ring is 1. The lowest BCUT2D eigenvalue weighted by atomic mass is 10.2. The zero-order chi connectivity index (χ0) is 7.84. The zero-order valence-electron chi connectivity index (χ0n) is 6.28. The quantitative estimate of drug-likeness (QED) is 0.566. The van der Waals surface area contributed by atoms with E-state index in [1.165, 1.54) is 10.2 Å². The zero-order valence-corrected chi connectivity index (χ0v) is 6.28. The van der Waals surface area contributed by atoms with Crippen molar-refractivity contribution in [3.05, 3.63) is 30.1 Å². The Kier molecular flexibility index (Phi) is 1.12. The molecule has 1 aromatic carbocycles. The van der Waals surface area contributed by atoms with E-state index in [9.17, 15) is 0 Å². The van der Waals surface area contributed by atoms with E-state index < -0.39 is 0 Å². The molecule has 0 unspecified atom stereocenters. The number of fused-ring (bicyclic) bond motifs is 1. The van der Waals surface area contributed by atoms with E-state index in [0.29, 0.717) is 0 Å². The maximum atomic E-state index is 5.58. The van der Waals surface area contributed by atoms with Crippen molar-refractivity contribution < 1.29 is 0 Å². The summed E-state index contributed by atoms with van der Waals surface area (Å²) in [6.45, 7) is 2.04. The van der Waals surface area contributed by atoms with Crippen molar-refractivity contribution >= 4 is 11.0 Å². The van der Waals surface area contributed by atoms with Gasteiger partial charge in [-0.25, -0.2) is 9.66 Å². The van der Waals surface area contributed by atoms with Gasteiger partial charge in [0.15, 0.2) is 0 Å².